The number of hydrogen-bond acceptors (Lipinski definition) is 6. The SMILES string of the molecule is CC(C)OC[C@H]1O[C@@H](n2c(=O)nc(N)c3ccccc32)[C@H](F)[C@@H]1OC(C)C. The zero-order valence-corrected chi connectivity index (χ0v) is 16.0. The molecule has 1 aliphatic heterocycles. The van der Waals surface area contributed by atoms with Crippen LogP contribution in [0.2, 0.25) is 0 Å². The summed E-state index contributed by atoms with van der Waals surface area (Å²) in [6, 6.07) is 6.96. The average molecular weight is 379 g/mol. The number of anilines is 1. The van der Waals surface area contributed by atoms with Crippen molar-refractivity contribution < 1.29 is 18.6 Å². The first-order valence-corrected chi connectivity index (χ1v) is 9.13. The van der Waals surface area contributed by atoms with Crippen molar-refractivity contribution in [2.75, 3.05) is 12.3 Å². The van der Waals surface area contributed by atoms with E-state index in [2.05, 4.69) is 4.98 Å². The Morgan fingerprint density at radius 1 is 1.26 bits per heavy atom. The van der Waals surface area contributed by atoms with Gasteiger partial charge >= 0.3 is 5.69 Å². The monoisotopic (exact) mass is 379 g/mol. The Morgan fingerprint density at radius 2 is 1.96 bits per heavy atom. The molecule has 0 aliphatic carbocycles. The van der Waals surface area contributed by atoms with Gasteiger partial charge in [-0.05, 0) is 39.8 Å². The predicted octanol–water partition coefficient (Wildman–Crippen LogP) is 2.43. The summed E-state index contributed by atoms with van der Waals surface area (Å²) in [7, 11) is 0. The van der Waals surface area contributed by atoms with Gasteiger partial charge in [0.05, 0.1) is 24.3 Å². The van der Waals surface area contributed by atoms with Crippen LogP contribution in [0.5, 0.6) is 0 Å². The number of para-hydroxylation sites is 1. The van der Waals surface area contributed by atoms with Crippen molar-refractivity contribution in [2.45, 2.75) is 64.5 Å². The first kappa shape index (κ1) is 19.7. The highest BCUT2D eigenvalue weighted by molar-refractivity contribution is 5.88. The van der Waals surface area contributed by atoms with Crippen LogP contribution < -0.4 is 11.4 Å². The molecule has 0 saturated carbocycles. The number of ether oxygens (including phenoxy) is 3. The van der Waals surface area contributed by atoms with Gasteiger partial charge in [-0.15, -0.1) is 0 Å². The Balaban J connectivity index is 2.02. The number of benzene rings is 1. The molecule has 1 fully saturated rings. The van der Waals surface area contributed by atoms with Gasteiger partial charge in [-0.3, -0.25) is 4.57 Å². The second kappa shape index (κ2) is 7.92. The molecule has 4 atom stereocenters. The summed E-state index contributed by atoms with van der Waals surface area (Å²) < 4.78 is 33.8. The maximum atomic E-state index is 15.4. The van der Waals surface area contributed by atoms with E-state index in [0.29, 0.717) is 10.9 Å². The van der Waals surface area contributed by atoms with Crippen LogP contribution in [0.15, 0.2) is 29.1 Å². The topological polar surface area (TPSA) is 88.6 Å². The van der Waals surface area contributed by atoms with Crippen molar-refractivity contribution in [3.05, 3.63) is 34.7 Å². The molecule has 3 rings (SSSR count). The van der Waals surface area contributed by atoms with Crippen LogP contribution in [0.25, 0.3) is 10.9 Å². The number of hydrogen-bond donors (Lipinski definition) is 1. The third-order valence-corrected chi connectivity index (χ3v) is 4.41. The van der Waals surface area contributed by atoms with Crippen LogP contribution in [0.4, 0.5) is 10.2 Å². The molecule has 1 aliphatic rings. The summed E-state index contributed by atoms with van der Waals surface area (Å²) in [5, 5.41) is 0.566. The first-order valence-electron chi connectivity index (χ1n) is 9.13. The molecule has 2 heterocycles. The highest BCUT2D eigenvalue weighted by Crippen LogP contribution is 2.36. The summed E-state index contributed by atoms with van der Waals surface area (Å²) in [6.07, 6.45) is -4.45. The van der Waals surface area contributed by atoms with Crippen LogP contribution in [0, 0.1) is 0 Å². The molecule has 1 aromatic carbocycles. The van der Waals surface area contributed by atoms with Crippen LogP contribution in [-0.2, 0) is 14.2 Å². The smallest absolute Gasteiger partial charge is 0.352 e. The minimum Gasteiger partial charge on any atom is -0.383 e. The minimum atomic E-state index is -1.56. The molecule has 0 unspecified atom stereocenters. The number of nitrogens with two attached hydrogens (primary N) is 1. The molecule has 27 heavy (non-hydrogen) atoms. The van der Waals surface area contributed by atoms with E-state index in [1.54, 1.807) is 24.3 Å². The Kier molecular flexibility index (Phi) is 5.78. The zero-order chi connectivity index (χ0) is 19.7. The number of nitrogen functional groups attached to an aromatic ring is 1. The van der Waals surface area contributed by atoms with E-state index in [1.807, 2.05) is 27.7 Å². The third-order valence-electron chi connectivity index (χ3n) is 4.41. The van der Waals surface area contributed by atoms with Gasteiger partial charge in [-0.2, -0.15) is 4.98 Å². The highest BCUT2D eigenvalue weighted by atomic mass is 19.1. The fourth-order valence-electron chi connectivity index (χ4n) is 3.27. The predicted molar refractivity (Wildman–Crippen MR) is 100 cm³/mol. The number of alkyl halides is 1. The van der Waals surface area contributed by atoms with Gasteiger partial charge in [-0.1, -0.05) is 12.1 Å². The fraction of sp³-hybridized carbons (Fsp3) is 0.579. The minimum absolute atomic E-state index is 0.0350. The fourth-order valence-corrected chi connectivity index (χ4v) is 3.27. The molecule has 1 aromatic heterocycles. The van der Waals surface area contributed by atoms with Crippen LogP contribution >= 0.6 is 0 Å². The van der Waals surface area contributed by atoms with E-state index in [-0.39, 0.29) is 24.6 Å². The molecule has 8 heteroatoms. The molecular weight excluding hydrogens is 353 g/mol. The van der Waals surface area contributed by atoms with Crippen LogP contribution in [0.3, 0.4) is 0 Å². The Labute approximate surface area is 157 Å². The Bertz CT molecular complexity index is 854. The van der Waals surface area contributed by atoms with Crippen LogP contribution in [-0.4, -0.2) is 46.7 Å². The molecule has 0 bridgehead atoms. The van der Waals surface area contributed by atoms with Crippen molar-refractivity contribution in [1.82, 2.24) is 9.55 Å². The Hall–Kier alpha value is -2.03. The molecule has 0 spiro atoms. The van der Waals surface area contributed by atoms with Crippen molar-refractivity contribution in [3.8, 4) is 0 Å². The molecule has 0 amide bonds. The number of rotatable bonds is 6. The second-order valence-electron chi connectivity index (χ2n) is 7.21. The molecule has 7 nitrogen and oxygen atoms in total. The van der Waals surface area contributed by atoms with Crippen molar-refractivity contribution >= 4 is 16.7 Å². The van der Waals surface area contributed by atoms with Crippen molar-refractivity contribution in [2.24, 2.45) is 0 Å². The molecular formula is C19H26FN3O4. The van der Waals surface area contributed by atoms with Gasteiger partial charge in [-0.25, -0.2) is 9.18 Å². The summed E-state index contributed by atoms with van der Waals surface area (Å²) in [5.74, 6) is 0.106. The number of nitrogens with zero attached hydrogens (tertiary/aromatic N) is 2. The summed E-state index contributed by atoms with van der Waals surface area (Å²) >= 11 is 0. The molecule has 1 saturated heterocycles. The first-order chi connectivity index (χ1) is 12.8. The van der Waals surface area contributed by atoms with E-state index < -0.39 is 30.3 Å². The third kappa shape index (κ3) is 3.97. The lowest BCUT2D eigenvalue weighted by Gasteiger charge is -2.22. The maximum Gasteiger partial charge on any atom is 0.352 e. The van der Waals surface area contributed by atoms with Crippen molar-refractivity contribution in [1.29, 1.82) is 0 Å². The maximum absolute atomic E-state index is 15.4. The van der Waals surface area contributed by atoms with Crippen molar-refractivity contribution in [3.63, 3.8) is 0 Å². The standard InChI is InChI=1S/C19H26FN3O4/c1-10(2)25-9-14-16(26-11(3)4)15(20)18(27-14)23-13-8-6-5-7-12(13)17(21)22-19(23)24/h5-8,10-11,14-16,18H,9H2,1-4H3,(H2,21,22,24)/t14-,15-,16-,18-/m1/s1. The molecule has 2 N–H and O–H groups in total. The largest absolute Gasteiger partial charge is 0.383 e. The lowest BCUT2D eigenvalue weighted by Crippen LogP contribution is -2.38. The highest BCUT2D eigenvalue weighted by Gasteiger charge is 2.48. The number of fused-ring (bicyclic) bond motifs is 1. The molecule has 2 aromatic rings. The lowest BCUT2D eigenvalue weighted by molar-refractivity contribution is -0.0963. The zero-order valence-electron chi connectivity index (χ0n) is 16.0. The van der Waals surface area contributed by atoms with E-state index in [4.69, 9.17) is 19.9 Å². The lowest BCUT2D eigenvalue weighted by atomic mass is 10.1. The van der Waals surface area contributed by atoms with Gasteiger partial charge in [0.1, 0.15) is 18.0 Å². The molecule has 0 radical (unpaired) electrons. The summed E-state index contributed by atoms with van der Waals surface area (Å²) in [4.78, 5) is 16.4. The summed E-state index contributed by atoms with van der Waals surface area (Å²) in [5.41, 5.74) is 5.67. The van der Waals surface area contributed by atoms with E-state index in [0.717, 1.165) is 0 Å². The van der Waals surface area contributed by atoms with Gasteiger partial charge in [0, 0.05) is 5.39 Å². The number of halogens is 1. The van der Waals surface area contributed by atoms with E-state index in [9.17, 15) is 4.79 Å². The van der Waals surface area contributed by atoms with Gasteiger partial charge in [0.15, 0.2) is 12.4 Å². The Morgan fingerprint density at radius 3 is 2.63 bits per heavy atom. The summed E-state index contributed by atoms with van der Waals surface area (Å²) in [6.45, 7) is 7.60. The van der Waals surface area contributed by atoms with Crippen LogP contribution in [0.1, 0.15) is 33.9 Å². The van der Waals surface area contributed by atoms with E-state index in [1.165, 1.54) is 4.57 Å². The average Bonchev–Trinajstić information content (AvgIpc) is 2.89. The van der Waals surface area contributed by atoms with Gasteiger partial charge < -0.3 is 19.9 Å². The second-order valence-corrected chi connectivity index (χ2v) is 7.21. The van der Waals surface area contributed by atoms with Gasteiger partial charge in [0.25, 0.3) is 0 Å². The van der Waals surface area contributed by atoms with Gasteiger partial charge in [0.2, 0.25) is 0 Å². The number of aromatic nitrogens is 2. The normalized spacial score (nSPS) is 25.7. The molecule has 148 valence electrons. The van der Waals surface area contributed by atoms with E-state index >= 15 is 4.39 Å². The quantitative estimate of drug-likeness (QED) is 0.829.